The molecule has 0 saturated heterocycles. The van der Waals surface area contributed by atoms with Crippen LogP contribution >= 0.6 is 0 Å². The zero-order chi connectivity index (χ0) is 10.8. The molecule has 2 unspecified atom stereocenters. The molecule has 1 rings (SSSR count). The van der Waals surface area contributed by atoms with Crippen LogP contribution in [0.3, 0.4) is 0 Å². The molecule has 84 valence electrons. The minimum atomic E-state index is 0.556. The van der Waals surface area contributed by atoms with Gasteiger partial charge in [-0.1, -0.05) is 34.6 Å². The van der Waals surface area contributed by atoms with Crippen molar-refractivity contribution in [1.29, 1.82) is 0 Å². The van der Waals surface area contributed by atoms with E-state index < -0.39 is 0 Å². The van der Waals surface area contributed by atoms with Crippen molar-refractivity contribution in [1.82, 2.24) is 5.32 Å². The van der Waals surface area contributed by atoms with E-state index in [-0.39, 0.29) is 0 Å². The van der Waals surface area contributed by atoms with E-state index >= 15 is 0 Å². The molecule has 1 nitrogen and oxygen atoms in total. The molecule has 0 aromatic heterocycles. The van der Waals surface area contributed by atoms with Crippen LogP contribution in [-0.4, -0.2) is 12.6 Å². The Kier molecular flexibility index (Phi) is 4.00. The maximum Gasteiger partial charge on any atom is 0.00700 e. The molecule has 0 aromatic rings. The van der Waals surface area contributed by atoms with Gasteiger partial charge in [-0.15, -0.1) is 0 Å². The second kappa shape index (κ2) is 4.65. The second-order valence-corrected chi connectivity index (χ2v) is 5.87. The lowest BCUT2D eigenvalue weighted by Gasteiger charge is -2.44. The highest BCUT2D eigenvalue weighted by Gasteiger charge is 2.37. The summed E-state index contributed by atoms with van der Waals surface area (Å²) >= 11 is 0. The molecule has 1 aliphatic carbocycles. The third-order valence-electron chi connectivity index (χ3n) is 3.98. The number of rotatable bonds is 3. The van der Waals surface area contributed by atoms with Crippen LogP contribution < -0.4 is 5.32 Å². The van der Waals surface area contributed by atoms with Gasteiger partial charge in [0.15, 0.2) is 0 Å². The van der Waals surface area contributed by atoms with Crippen molar-refractivity contribution in [2.24, 2.45) is 17.3 Å². The zero-order valence-corrected chi connectivity index (χ0v) is 10.6. The van der Waals surface area contributed by atoms with Gasteiger partial charge in [0.05, 0.1) is 0 Å². The first kappa shape index (κ1) is 12.0. The summed E-state index contributed by atoms with van der Waals surface area (Å²) in [7, 11) is 0. The van der Waals surface area contributed by atoms with Crippen LogP contribution in [0.15, 0.2) is 0 Å². The molecule has 0 bridgehead atoms. The predicted octanol–water partition coefficient (Wildman–Crippen LogP) is 3.45. The van der Waals surface area contributed by atoms with Crippen molar-refractivity contribution in [3.63, 3.8) is 0 Å². The van der Waals surface area contributed by atoms with Crippen molar-refractivity contribution in [3.05, 3.63) is 0 Å². The van der Waals surface area contributed by atoms with Crippen molar-refractivity contribution < 1.29 is 0 Å². The van der Waals surface area contributed by atoms with Crippen molar-refractivity contribution in [2.75, 3.05) is 6.54 Å². The van der Waals surface area contributed by atoms with Crippen LogP contribution in [0.4, 0.5) is 0 Å². The third kappa shape index (κ3) is 2.73. The van der Waals surface area contributed by atoms with E-state index in [1.807, 2.05) is 0 Å². The molecule has 0 aromatic carbocycles. The van der Waals surface area contributed by atoms with Crippen LogP contribution in [0.1, 0.15) is 53.9 Å². The first-order chi connectivity index (χ1) is 6.47. The van der Waals surface area contributed by atoms with E-state index in [0.29, 0.717) is 5.41 Å². The Morgan fingerprint density at radius 1 is 1.36 bits per heavy atom. The lowest BCUT2D eigenvalue weighted by atomic mass is 9.63. The van der Waals surface area contributed by atoms with E-state index in [1.165, 1.54) is 19.3 Å². The molecule has 2 atom stereocenters. The van der Waals surface area contributed by atoms with E-state index in [9.17, 15) is 0 Å². The Balaban J connectivity index is 2.58. The molecule has 1 fully saturated rings. The maximum atomic E-state index is 3.61. The summed E-state index contributed by atoms with van der Waals surface area (Å²) in [6.07, 6.45) is 4.12. The van der Waals surface area contributed by atoms with Crippen LogP contribution in [0.5, 0.6) is 0 Å². The van der Waals surface area contributed by atoms with E-state index in [1.54, 1.807) is 0 Å². The predicted molar refractivity (Wildman–Crippen MR) is 63.4 cm³/mol. The monoisotopic (exact) mass is 197 g/mol. The van der Waals surface area contributed by atoms with E-state index in [4.69, 9.17) is 0 Å². The quantitative estimate of drug-likeness (QED) is 0.731. The van der Waals surface area contributed by atoms with Gasteiger partial charge in [0.25, 0.3) is 0 Å². The SMILES string of the molecule is CCNC1CCC(C)(C)C(C(C)C)C1. The lowest BCUT2D eigenvalue weighted by molar-refractivity contribution is 0.0755. The fourth-order valence-electron chi connectivity index (χ4n) is 3.12. The van der Waals surface area contributed by atoms with Crippen molar-refractivity contribution in [2.45, 2.75) is 59.9 Å². The Hall–Kier alpha value is -0.0400. The van der Waals surface area contributed by atoms with E-state index in [2.05, 4.69) is 39.9 Å². The summed E-state index contributed by atoms with van der Waals surface area (Å²) in [5, 5.41) is 3.61. The highest BCUT2D eigenvalue weighted by Crippen LogP contribution is 2.44. The van der Waals surface area contributed by atoms with Crippen molar-refractivity contribution >= 4 is 0 Å². The molecule has 0 heterocycles. The molecule has 1 saturated carbocycles. The summed E-state index contributed by atoms with van der Waals surface area (Å²) in [5.74, 6) is 1.71. The Morgan fingerprint density at radius 3 is 2.50 bits per heavy atom. The second-order valence-electron chi connectivity index (χ2n) is 5.87. The lowest BCUT2D eigenvalue weighted by Crippen LogP contribution is -2.42. The summed E-state index contributed by atoms with van der Waals surface area (Å²) in [4.78, 5) is 0. The van der Waals surface area contributed by atoms with Crippen LogP contribution in [-0.2, 0) is 0 Å². The average Bonchev–Trinajstić information content (AvgIpc) is 2.08. The first-order valence-electron chi connectivity index (χ1n) is 6.20. The van der Waals surface area contributed by atoms with Crippen LogP contribution in [0, 0.1) is 17.3 Å². The molecule has 0 spiro atoms. The molecule has 0 amide bonds. The molecule has 0 radical (unpaired) electrons. The minimum Gasteiger partial charge on any atom is -0.314 e. The van der Waals surface area contributed by atoms with Gasteiger partial charge in [0.2, 0.25) is 0 Å². The van der Waals surface area contributed by atoms with Gasteiger partial charge in [0, 0.05) is 6.04 Å². The molecule has 0 aliphatic heterocycles. The number of hydrogen-bond acceptors (Lipinski definition) is 1. The maximum absolute atomic E-state index is 3.61. The molecule has 1 N–H and O–H groups in total. The minimum absolute atomic E-state index is 0.556. The topological polar surface area (TPSA) is 12.0 Å². The smallest absolute Gasteiger partial charge is 0.00700 e. The summed E-state index contributed by atoms with van der Waals surface area (Å²) in [6.45, 7) is 13.0. The fourth-order valence-corrected chi connectivity index (χ4v) is 3.12. The normalized spacial score (nSPS) is 32.1. The third-order valence-corrected chi connectivity index (χ3v) is 3.98. The van der Waals surface area contributed by atoms with Crippen molar-refractivity contribution in [3.8, 4) is 0 Å². The van der Waals surface area contributed by atoms with Gasteiger partial charge >= 0.3 is 0 Å². The zero-order valence-electron chi connectivity index (χ0n) is 10.6. The van der Waals surface area contributed by atoms with Crippen LogP contribution in [0.25, 0.3) is 0 Å². The van der Waals surface area contributed by atoms with Crippen LogP contribution in [0.2, 0.25) is 0 Å². The van der Waals surface area contributed by atoms with Gasteiger partial charge < -0.3 is 5.32 Å². The number of hydrogen-bond donors (Lipinski definition) is 1. The number of nitrogens with one attached hydrogen (secondary N) is 1. The Labute approximate surface area is 89.7 Å². The largest absolute Gasteiger partial charge is 0.314 e. The standard InChI is InChI=1S/C13H27N/c1-6-14-11-7-8-13(4,5)12(9-11)10(2)3/h10-12,14H,6-9H2,1-5H3. The van der Waals surface area contributed by atoms with Gasteiger partial charge in [-0.25, -0.2) is 0 Å². The molecular formula is C13H27N. The summed E-state index contributed by atoms with van der Waals surface area (Å²) < 4.78 is 0. The molecule has 14 heavy (non-hydrogen) atoms. The molecular weight excluding hydrogens is 170 g/mol. The highest BCUT2D eigenvalue weighted by molar-refractivity contribution is 4.90. The Morgan fingerprint density at radius 2 is 2.00 bits per heavy atom. The average molecular weight is 197 g/mol. The molecule has 1 heteroatoms. The van der Waals surface area contributed by atoms with Gasteiger partial charge in [-0.2, -0.15) is 0 Å². The fraction of sp³-hybridized carbons (Fsp3) is 1.00. The van der Waals surface area contributed by atoms with Gasteiger partial charge in [-0.3, -0.25) is 0 Å². The van der Waals surface area contributed by atoms with E-state index in [0.717, 1.165) is 24.4 Å². The first-order valence-corrected chi connectivity index (χ1v) is 6.20. The van der Waals surface area contributed by atoms with Gasteiger partial charge in [-0.05, 0) is 43.1 Å². The van der Waals surface area contributed by atoms with Gasteiger partial charge in [0.1, 0.15) is 0 Å². The molecule has 1 aliphatic rings. The highest BCUT2D eigenvalue weighted by atomic mass is 14.9. The summed E-state index contributed by atoms with van der Waals surface area (Å²) in [6, 6.07) is 0.778. The Bertz CT molecular complexity index is 172. The summed E-state index contributed by atoms with van der Waals surface area (Å²) in [5.41, 5.74) is 0.556.